The summed E-state index contributed by atoms with van der Waals surface area (Å²) in [5.74, 6) is 0. The van der Waals surface area contributed by atoms with Crippen LogP contribution in [0.2, 0.25) is 0 Å². The van der Waals surface area contributed by atoms with Crippen molar-refractivity contribution in [3.63, 3.8) is 0 Å². The van der Waals surface area contributed by atoms with Crippen LogP contribution in [0.25, 0.3) is 0 Å². The quantitative estimate of drug-likeness (QED) is 0.728. The average molecular weight is 179 g/mol. The first-order valence-corrected chi connectivity index (χ1v) is 4.44. The number of hydrogen-bond acceptors (Lipinski definition) is 3. The standard InChI is InChI=1S/C10H13NO2/c12-10-7-11(13-8-10)6-9-4-2-1-3-5-9/h1-5,10,12H,6-8H2. The van der Waals surface area contributed by atoms with Crippen LogP contribution in [0.1, 0.15) is 5.56 Å². The summed E-state index contributed by atoms with van der Waals surface area (Å²) in [6, 6.07) is 10.1. The molecule has 0 radical (unpaired) electrons. The molecular weight excluding hydrogens is 166 g/mol. The molecule has 0 spiro atoms. The second-order valence-electron chi connectivity index (χ2n) is 3.26. The molecule has 2 rings (SSSR count). The van der Waals surface area contributed by atoms with Crippen molar-refractivity contribution in [2.45, 2.75) is 12.6 Å². The lowest BCUT2D eigenvalue weighted by Crippen LogP contribution is -2.20. The molecule has 1 saturated heterocycles. The van der Waals surface area contributed by atoms with Gasteiger partial charge in [0.25, 0.3) is 0 Å². The Morgan fingerprint density at radius 2 is 2.15 bits per heavy atom. The van der Waals surface area contributed by atoms with Gasteiger partial charge >= 0.3 is 0 Å². The largest absolute Gasteiger partial charge is 0.389 e. The van der Waals surface area contributed by atoms with E-state index >= 15 is 0 Å². The first-order valence-electron chi connectivity index (χ1n) is 4.44. The third-order valence-electron chi connectivity index (χ3n) is 2.07. The highest BCUT2D eigenvalue weighted by molar-refractivity contribution is 5.14. The Morgan fingerprint density at radius 3 is 2.77 bits per heavy atom. The molecule has 3 heteroatoms. The first kappa shape index (κ1) is 8.69. The fraction of sp³-hybridized carbons (Fsp3) is 0.400. The van der Waals surface area contributed by atoms with E-state index in [9.17, 15) is 5.11 Å². The summed E-state index contributed by atoms with van der Waals surface area (Å²) in [5, 5.41) is 11.0. The van der Waals surface area contributed by atoms with Crippen molar-refractivity contribution in [1.29, 1.82) is 0 Å². The van der Waals surface area contributed by atoms with E-state index < -0.39 is 0 Å². The van der Waals surface area contributed by atoms with Gasteiger partial charge in [0.05, 0.1) is 19.3 Å². The summed E-state index contributed by atoms with van der Waals surface area (Å²) in [4.78, 5) is 5.25. The molecule has 13 heavy (non-hydrogen) atoms. The lowest BCUT2D eigenvalue weighted by molar-refractivity contribution is -0.117. The van der Waals surface area contributed by atoms with E-state index in [-0.39, 0.29) is 6.10 Å². The minimum atomic E-state index is -0.330. The molecule has 3 nitrogen and oxygen atoms in total. The van der Waals surface area contributed by atoms with Crippen molar-refractivity contribution in [1.82, 2.24) is 5.06 Å². The fourth-order valence-electron chi connectivity index (χ4n) is 1.43. The van der Waals surface area contributed by atoms with E-state index in [2.05, 4.69) is 0 Å². The number of nitrogens with zero attached hydrogens (tertiary/aromatic N) is 1. The van der Waals surface area contributed by atoms with Gasteiger partial charge in [-0.2, -0.15) is 5.06 Å². The number of hydrogen-bond donors (Lipinski definition) is 1. The number of β-amino-alcohol motifs (C(OH)–C–C–N with tert-alkyl or cyclic N) is 1. The molecule has 0 bridgehead atoms. The maximum atomic E-state index is 9.21. The normalized spacial score (nSPS) is 23.6. The van der Waals surface area contributed by atoms with Crippen LogP contribution in [0, 0.1) is 0 Å². The summed E-state index contributed by atoms with van der Waals surface area (Å²) in [6.45, 7) is 1.78. The van der Waals surface area contributed by atoms with Crippen LogP contribution < -0.4 is 0 Å². The van der Waals surface area contributed by atoms with Crippen molar-refractivity contribution in [3.8, 4) is 0 Å². The summed E-state index contributed by atoms with van der Waals surface area (Å²) < 4.78 is 0. The van der Waals surface area contributed by atoms with Gasteiger partial charge in [-0.05, 0) is 5.56 Å². The van der Waals surface area contributed by atoms with E-state index in [4.69, 9.17) is 4.84 Å². The average Bonchev–Trinajstić information content (AvgIpc) is 2.53. The Balaban J connectivity index is 1.92. The van der Waals surface area contributed by atoms with Gasteiger partial charge in [0.15, 0.2) is 0 Å². The summed E-state index contributed by atoms with van der Waals surface area (Å²) in [6.07, 6.45) is -0.330. The Morgan fingerprint density at radius 1 is 1.38 bits per heavy atom. The molecule has 0 aliphatic carbocycles. The number of aliphatic hydroxyl groups is 1. The first-order chi connectivity index (χ1) is 6.34. The van der Waals surface area contributed by atoms with Crippen molar-refractivity contribution in [2.75, 3.05) is 13.2 Å². The van der Waals surface area contributed by atoms with Gasteiger partial charge < -0.3 is 5.11 Å². The van der Waals surface area contributed by atoms with Gasteiger partial charge in [-0.3, -0.25) is 4.84 Å². The van der Waals surface area contributed by atoms with E-state index in [1.807, 2.05) is 30.3 Å². The van der Waals surface area contributed by atoms with Gasteiger partial charge in [-0.25, -0.2) is 0 Å². The number of benzene rings is 1. The fourth-order valence-corrected chi connectivity index (χ4v) is 1.43. The molecule has 0 aromatic heterocycles. The Bertz CT molecular complexity index is 263. The number of aliphatic hydroxyl groups excluding tert-OH is 1. The molecule has 1 fully saturated rings. The van der Waals surface area contributed by atoms with Crippen LogP contribution in [-0.2, 0) is 11.4 Å². The topological polar surface area (TPSA) is 32.7 Å². The van der Waals surface area contributed by atoms with Crippen molar-refractivity contribution < 1.29 is 9.94 Å². The summed E-state index contributed by atoms with van der Waals surface area (Å²) in [5.41, 5.74) is 1.21. The van der Waals surface area contributed by atoms with Gasteiger partial charge in [-0.1, -0.05) is 30.3 Å². The SMILES string of the molecule is OC1CON(Cc2ccccc2)C1. The second-order valence-corrected chi connectivity index (χ2v) is 3.26. The Kier molecular flexibility index (Phi) is 2.59. The Labute approximate surface area is 77.5 Å². The van der Waals surface area contributed by atoms with Crippen LogP contribution >= 0.6 is 0 Å². The zero-order chi connectivity index (χ0) is 9.10. The zero-order valence-electron chi connectivity index (χ0n) is 7.39. The predicted molar refractivity (Wildman–Crippen MR) is 48.8 cm³/mol. The van der Waals surface area contributed by atoms with Gasteiger partial charge in [-0.15, -0.1) is 0 Å². The third kappa shape index (κ3) is 2.28. The Hall–Kier alpha value is -0.900. The molecule has 1 aromatic carbocycles. The minimum absolute atomic E-state index is 0.330. The maximum absolute atomic E-state index is 9.21. The monoisotopic (exact) mass is 179 g/mol. The van der Waals surface area contributed by atoms with E-state index in [1.165, 1.54) is 5.56 Å². The lowest BCUT2D eigenvalue weighted by Gasteiger charge is -2.12. The molecule has 1 heterocycles. The highest BCUT2D eigenvalue weighted by Gasteiger charge is 2.20. The maximum Gasteiger partial charge on any atom is 0.0958 e. The van der Waals surface area contributed by atoms with E-state index in [0.29, 0.717) is 13.2 Å². The van der Waals surface area contributed by atoms with Gasteiger partial charge in [0.2, 0.25) is 0 Å². The highest BCUT2D eigenvalue weighted by atomic mass is 16.7. The zero-order valence-corrected chi connectivity index (χ0v) is 7.39. The van der Waals surface area contributed by atoms with Crippen LogP contribution in [0.3, 0.4) is 0 Å². The molecule has 70 valence electrons. The molecule has 1 atom stereocenters. The lowest BCUT2D eigenvalue weighted by atomic mass is 10.2. The molecule has 1 unspecified atom stereocenters. The molecule has 1 N–H and O–H groups in total. The third-order valence-corrected chi connectivity index (χ3v) is 2.07. The molecule has 1 aromatic rings. The van der Waals surface area contributed by atoms with Crippen LogP contribution in [-0.4, -0.2) is 29.4 Å². The van der Waals surface area contributed by atoms with Crippen molar-refractivity contribution in [2.24, 2.45) is 0 Å². The van der Waals surface area contributed by atoms with E-state index in [1.54, 1.807) is 5.06 Å². The summed E-state index contributed by atoms with van der Waals surface area (Å²) >= 11 is 0. The van der Waals surface area contributed by atoms with Crippen LogP contribution in [0.15, 0.2) is 30.3 Å². The van der Waals surface area contributed by atoms with Gasteiger partial charge in [0.1, 0.15) is 0 Å². The van der Waals surface area contributed by atoms with Crippen LogP contribution in [0.5, 0.6) is 0 Å². The van der Waals surface area contributed by atoms with Gasteiger partial charge in [0, 0.05) is 6.54 Å². The second kappa shape index (κ2) is 3.87. The molecule has 1 aliphatic heterocycles. The smallest absolute Gasteiger partial charge is 0.0958 e. The van der Waals surface area contributed by atoms with Crippen molar-refractivity contribution in [3.05, 3.63) is 35.9 Å². The molecule has 1 aliphatic rings. The summed E-state index contributed by atoms with van der Waals surface area (Å²) in [7, 11) is 0. The predicted octanol–water partition coefficient (Wildman–Crippen LogP) is 0.795. The van der Waals surface area contributed by atoms with Crippen molar-refractivity contribution >= 4 is 0 Å². The van der Waals surface area contributed by atoms with E-state index in [0.717, 1.165) is 6.54 Å². The molecule has 0 saturated carbocycles. The van der Waals surface area contributed by atoms with Crippen LogP contribution in [0.4, 0.5) is 0 Å². The minimum Gasteiger partial charge on any atom is -0.389 e. The number of hydroxylamine groups is 2. The molecular formula is C10H13NO2. The highest BCUT2D eigenvalue weighted by Crippen LogP contribution is 2.10. The molecule has 0 amide bonds. The number of rotatable bonds is 2.